The minimum absolute atomic E-state index is 0.332. The molecule has 0 radical (unpaired) electrons. The summed E-state index contributed by atoms with van der Waals surface area (Å²) in [4.78, 5) is 2.01. The van der Waals surface area contributed by atoms with Crippen LogP contribution in [0.2, 0.25) is 10.0 Å². The van der Waals surface area contributed by atoms with Gasteiger partial charge in [-0.15, -0.1) is 0 Å². The molecule has 0 aliphatic carbocycles. The Hall–Kier alpha value is -0.280. The van der Waals surface area contributed by atoms with Crippen molar-refractivity contribution in [3.05, 3.63) is 33.8 Å². The maximum Gasteiger partial charge on any atom is 0.0639 e. The molecule has 0 amide bonds. The Bertz CT molecular complexity index is 328. The van der Waals surface area contributed by atoms with Gasteiger partial charge in [0.05, 0.1) is 6.10 Å². The van der Waals surface area contributed by atoms with Gasteiger partial charge in [-0.05, 0) is 31.7 Å². The number of aliphatic hydroxyl groups excluding tert-OH is 1. The second-order valence-electron chi connectivity index (χ2n) is 3.78. The van der Waals surface area contributed by atoms with E-state index in [0.717, 1.165) is 5.56 Å². The van der Waals surface area contributed by atoms with Crippen molar-refractivity contribution in [3.8, 4) is 0 Å². The van der Waals surface area contributed by atoms with Gasteiger partial charge in [-0.1, -0.05) is 29.3 Å². The molecule has 1 rings (SSSR count). The normalized spacial score (nSPS) is 13.2. The van der Waals surface area contributed by atoms with E-state index in [9.17, 15) is 5.11 Å². The molecule has 0 aliphatic heterocycles. The first-order valence-electron chi connectivity index (χ1n) is 4.79. The van der Waals surface area contributed by atoms with Crippen LogP contribution in [0.3, 0.4) is 0 Å². The minimum atomic E-state index is -0.332. The number of rotatable bonds is 4. The molecule has 1 N–H and O–H groups in total. The van der Waals surface area contributed by atoms with E-state index < -0.39 is 0 Å². The zero-order valence-electron chi connectivity index (χ0n) is 8.87. The van der Waals surface area contributed by atoms with E-state index in [-0.39, 0.29) is 6.10 Å². The summed E-state index contributed by atoms with van der Waals surface area (Å²) in [6, 6.07) is 5.46. The Balaban J connectivity index is 2.64. The third-order valence-corrected chi connectivity index (χ3v) is 2.62. The lowest BCUT2D eigenvalue weighted by Crippen LogP contribution is -2.26. The Morgan fingerprint density at radius 1 is 1.40 bits per heavy atom. The second kappa shape index (κ2) is 5.71. The SMILES string of the molecule is CC(O)CN(C)Cc1ccc(Cl)cc1Cl. The summed E-state index contributed by atoms with van der Waals surface area (Å²) in [5, 5.41) is 10.5. The van der Waals surface area contributed by atoms with Gasteiger partial charge in [-0.3, -0.25) is 4.90 Å². The molecule has 15 heavy (non-hydrogen) atoms. The van der Waals surface area contributed by atoms with Crippen LogP contribution in [0.1, 0.15) is 12.5 Å². The van der Waals surface area contributed by atoms with E-state index in [0.29, 0.717) is 23.1 Å². The van der Waals surface area contributed by atoms with Crippen molar-refractivity contribution >= 4 is 23.2 Å². The molecule has 1 aromatic carbocycles. The number of hydrogen-bond acceptors (Lipinski definition) is 2. The summed E-state index contributed by atoms with van der Waals surface area (Å²) in [5.41, 5.74) is 1.02. The van der Waals surface area contributed by atoms with Crippen molar-refractivity contribution in [1.29, 1.82) is 0 Å². The van der Waals surface area contributed by atoms with Gasteiger partial charge in [0.2, 0.25) is 0 Å². The van der Waals surface area contributed by atoms with Gasteiger partial charge >= 0.3 is 0 Å². The van der Waals surface area contributed by atoms with E-state index in [4.69, 9.17) is 23.2 Å². The zero-order valence-corrected chi connectivity index (χ0v) is 10.4. The largest absolute Gasteiger partial charge is 0.392 e. The first-order chi connectivity index (χ1) is 6.99. The standard InChI is InChI=1S/C11H15Cl2NO/c1-8(15)6-14(2)7-9-3-4-10(12)5-11(9)13/h3-5,8,15H,6-7H2,1-2H3. The topological polar surface area (TPSA) is 23.5 Å². The van der Waals surface area contributed by atoms with Crippen LogP contribution in [0, 0.1) is 0 Å². The van der Waals surface area contributed by atoms with E-state index in [1.807, 2.05) is 24.1 Å². The number of hydrogen-bond donors (Lipinski definition) is 1. The average Bonchev–Trinajstić information content (AvgIpc) is 2.08. The molecule has 0 aliphatic rings. The average molecular weight is 248 g/mol. The first-order valence-corrected chi connectivity index (χ1v) is 5.55. The number of likely N-dealkylation sites (N-methyl/N-ethyl adjacent to an activating group) is 1. The van der Waals surface area contributed by atoms with E-state index in [2.05, 4.69) is 0 Å². The van der Waals surface area contributed by atoms with Crippen LogP contribution in [-0.4, -0.2) is 29.7 Å². The number of nitrogens with zero attached hydrogens (tertiary/aromatic N) is 1. The number of benzene rings is 1. The van der Waals surface area contributed by atoms with Crippen LogP contribution in [-0.2, 0) is 6.54 Å². The summed E-state index contributed by atoms with van der Waals surface area (Å²) in [6.07, 6.45) is -0.332. The van der Waals surface area contributed by atoms with Gasteiger partial charge in [0.15, 0.2) is 0 Å². The van der Waals surface area contributed by atoms with Crippen LogP contribution < -0.4 is 0 Å². The van der Waals surface area contributed by atoms with Crippen molar-refractivity contribution in [2.75, 3.05) is 13.6 Å². The zero-order chi connectivity index (χ0) is 11.4. The molecule has 0 aromatic heterocycles. The van der Waals surface area contributed by atoms with Crippen molar-refractivity contribution in [3.63, 3.8) is 0 Å². The van der Waals surface area contributed by atoms with Crippen LogP contribution in [0.25, 0.3) is 0 Å². The molecular weight excluding hydrogens is 233 g/mol. The highest BCUT2D eigenvalue weighted by molar-refractivity contribution is 6.35. The van der Waals surface area contributed by atoms with Gasteiger partial charge in [0.25, 0.3) is 0 Å². The Labute approximate surface area is 100 Å². The third kappa shape index (κ3) is 4.39. The lowest BCUT2D eigenvalue weighted by molar-refractivity contribution is 0.138. The molecule has 2 nitrogen and oxygen atoms in total. The maximum absolute atomic E-state index is 9.22. The van der Waals surface area contributed by atoms with Crippen molar-refractivity contribution in [2.45, 2.75) is 19.6 Å². The smallest absolute Gasteiger partial charge is 0.0639 e. The highest BCUT2D eigenvalue weighted by Gasteiger charge is 2.07. The highest BCUT2D eigenvalue weighted by Crippen LogP contribution is 2.21. The molecule has 84 valence electrons. The Kier molecular flexibility index (Phi) is 4.87. The Morgan fingerprint density at radius 3 is 2.60 bits per heavy atom. The number of halogens is 2. The highest BCUT2D eigenvalue weighted by atomic mass is 35.5. The molecule has 1 unspecified atom stereocenters. The van der Waals surface area contributed by atoms with Crippen LogP contribution in [0.5, 0.6) is 0 Å². The minimum Gasteiger partial charge on any atom is -0.392 e. The first kappa shape index (κ1) is 12.8. The summed E-state index contributed by atoms with van der Waals surface area (Å²) in [7, 11) is 1.94. The van der Waals surface area contributed by atoms with E-state index >= 15 is 0 Å². The summed E-state index contributed by atoms with van der Waals surface area (Å²) in [6.45, 7) is 3.10. The maximum atomic E-state index is 9.22. The second-order valence-corrected chi connectivity index (χ2v) is 4.63. The molecular formula is C11H15Cl2NO. The van der Waals surface area contributed by atoms with Crippen molar-refractivity contribution < 1.29 is 5.11 Å². The fourth-order valence-electron chi connectivity index (χ4n) is 1.46. The molecule has 0 bridgehead atoms. The quantitative estimate of drug-likeness (QED) is 0.885. The van der Waals surface area contributed by atoms with Gasteiger partial charge in [0, 0.05) is 23.1 Å². The lowest BCUT2D eigenvalue weighted by Gasteiger charge is -2.18. The summed E-state index contributed by atoms with van der Waals surface area (Å²) >= 11 is 11.8. The molecule has 4 heteroatoms. The van der Waals surface area contributed by atoms with Crippen LogP contribution >= 0.6 is 23.2 Å². The molecule has 0 spiro atoms. The molecule has 0 saturated carbocycles. The van der Waals surface area contributed by atoms with Crippen molar-refractivity contribution in [1.82, 2.24) is 4.90 Å². The number of aliphatic hydroxyl groups is 1. The summed E-state index contributed by atoms with van der Waals surface area (Å²) in [5.74, 6) is 0. The summed E-state index contributed by atoms with van der Waals surface area (Å²) < 4.78 is 0. The molecule has 0 fully saturated rings. The molecule has 1 aromatic rings. The monoisotopic (exact) mass is 247 g/mol. The lowest BCUT2D eigenvalue weighted by atomic mass is 10.2. The van der Waals surface area contributed by atoms with Crippen LogP contribution in [0.15, 0.2) is 18.2 Å². The molecule has 0 heterocycles. The van der Waals surface area contributed by atoms with Gasteiger partial charge < -0.3 is 5.11 Å². The van der Waals surface area contributed by atoms with E-state index in [1.165, 1.54) is 0 Å². The van der Waals surface area contributed by atoms with Gasteiger partial charge in [-0.25, -0.2) is 0 Å². The van der Waals surface area contributed by atoms with E-state index in [1.54, 1.807) is 13.0 Å². The molecule has 1 atom stereocenters. The fourth-order valence-corrected chi connectivity index (χ4v) is 1.92. The van der Waals surface area contributed by atoms with Crippen LogP contribution in [0.4, 0.5) is 0 Å². The van der Waals surface area contributed by atoms with Gasteiger partial charge in [0.1, 0.15) is 0 Å². The predicted molar refractivity (Wildman–Crippen MR) is 64.5 cm³/mol. The fraction of sp³-hybridized carbons (Fsp3) is 0.455. The van der Waals surface area contributed by atoms with Crippen molar-refractivity contribution in [2.24, 2.45) is 0 Å². The Morgan fingerprint density at radius 2 is 2.07 bits per heavy atom. The van der Waals surface area contributed by atoms with Gasteiger partial charge in [-0.2, -0.15) is 0 Å². The molecule has 0 saturated heterocycles. The third-order valence-electron chi connectivity index (χ3n) is 2.03. The predicted octanol–water partition coefficient (Wildman–Crippen LogP) is 2.81.